The molecule has 3 aromatic rings. The Kier molecular flexibility index (Phi) is 5.74. The molecule has 0 atom stereocenters. The van der Waals surface area contributed by atoms with Gasteiger partial charge in [-0.3, -0.25) is 15.6 Å². The van der Waals surface area contributed by atoms with Gasteiger partial charge in [0.05, 0.1) is 0 Å². The molecule has 0 fully saturated rings. The van der Waals surface area contributed by atoms with Crippen LogP contribution in [0.25, 0.3) is 0 Å². The Labute approximate surface area is 164 Å². The monoisotopic (exact) mass is 376 g/mol. The maximum atomic E-state index is 12.4. The van der Waals surface area contributed by atoms with Crippen LogP contribution in [0, 0.1) is 13.8 Å². The lowest BCUT2D eigenvalue weighted by Crippen LogP contribution is -2.31. The van der Waals surface area contributed by atoms with Crippen LogP contribution < -0.4 is 21.5 Å². The molecule has 0 spiro atoms. The highest BCUT2D eigenvalue weighted by molar-refractivity contribution is 5.96. The normalized spacial score (nSPS) is 10.4. The Bertz CT molecular complexity index is 988. The molecular formula is C21H24N6O. The van der Waals surface area contributed by atoms with Gasteiger partial charge in [-0.05, 0) is 50.1 Å². The minimum Gasteiger partial charge on any atom is -0.393 e. The summed E-state index contributed by atoms with van der Waals surface area (Å²) in [5.74, 6) is 0.664. The number of amides is 1. The van der Waals surface area contributed by atoms with Gasteiger partial charge in [-0.25, -0.2) is 9.97 Å². The van der Waals surface area contributed by atoms with E-state index in [4.69, 9.17) is 5.73 Å². The van der Waals surface area contributed by atoms with Crippen LogP contribution in [-0.4, -0.2) is 22.4 Å². The highest BCUT2D eigenvalue weighted by Crippen LogP contribution is 2.31. The highest BCUT2D eigenvalue weighted by atomic mass is 16.2. The van der Waals surface area contributed by atoms with Gasteiger partial charge in [0.1, 0.15) is 12.0 Å². The van der Waals surface area contributed by atoms with E-state index in [0.717, 1.165) is 16.8 Å². The zero-order valence-electron chi connectivity index (χ0n) is 16.2. The fraction of sp³-hybridized carbons (Fsp3) is 0.190. The zero-order valence-corrected chi connectivity index (χ0v) is 16.2. The average molecular weight is 376 g/mol. The summed E-state index contributed by atoms with van der Waals surface area (Å²) in [5.41, 5.74) is 15.7. The summed E-state index contributed by atoms with van der Waals surface area (Å²) in [6.07, 6.45) is 1.42. The van der Waals surface area contributed by atoms with Crippen molar-refractivity contribution in [3.05, 3.63) is 71.5 Å². The van der Waals surface area contributed by atoms with Crippen molar-refractivity contribution < 1.29 is 4.79 Å². The number of hydrogen-bond acceptors (Lipinski definition) is 6. The molecule has 0 unspecified atom stereocenters. The highest BCUT2D eigenvalue weighted by Gasteiger charge is 2.16. The van der Waals surface area contributed by atoms with Crippen LogP contribution in [-0.2, 0) is 0 Å². The summed E-state index contributed by atoms with van der Waals surface area (Å²) >= 11 is 0. The van der Waals surface area contributed by atoms with Gasteiger partial charge in [-0.2, -0.15) is 0 Å². The third-order valence-electron chi connectivity index (χ3n) is 4.43. The number of carbonyl (C=O) groups excluding carboxylic acids is 1. The van der Waals surface area contributed by atoms with Gasteiger partial charge in [0.2, 0.25) is 0 Å². The number of nitrogens with two attached hydrogens (primary N) is 1. The molecule has 2 aromatic carbocycles. The molecule has 0 radical (unpaired) electrons. The summed E-state index contributed by atoms with van der Waals surface area (Å²) in [7, 11) is 0. The van der Waals surface area contributed by atoms with E-state index in [-0.39, 0.29) is 5.91 Å². The lowest BCUT2D eigenvalue weighted by atomic mass is 10.1. The first-order valence-electron chi connectivity index (χ1n) is 9.08. The van der Waals surface area contributed by atoms with Crippen molar-refractivity contribution in [2.24, 2.45) is 0 Å². The molecule has 4 N–H and O–H groups in total. The summed E-state index contributed by atoms with van der Waals surface area (Å²) in [6.45, 7) is 6.62. The molecule has 1 heterocycles. The van der Waals surface area contributed by atoms with Crippen LogP contribution in [0.1, 0.15) is 28.4 Å². The first-order valence-corrected chi connectivity index (χ1v) is 9.08. The number of nitrogen functional groups attached to an aromatic ring is 1. The van der Waals surface area contributed by atoms with E-state index < -0.39 is 0 Å². The minimum atomic E-state index is -0.260. The lowest BCUT2D eigenvalue weighted by Gasteiger charge is -2.24. The SMILES string of the molecule is CCN(c1cccc(C)c1)c1ncnc(NNC(=O)c2ccccc2C)c1N. The van der Waals surface area contributed by atoms with E-state index in [1.165, 1.54) is 6.33 Å². The van der Waals surface area contributed by atoms with E-state index >= 15 is 0 Å². The molecule has 28 heavy (non-hydrogen) atoms. The first kappa shape index (κ1) is 19.2. The molecule has 0 aliphatic heterocycles. The van der Waals surface area contributed by atoms with Crippen LogP contribution in [0.2, 0.25) is 0 Å². The Morgan fingerprint density at radius 1 is 1.11 bits per heavy atom. The van der Waals surface area contributed by atoms with Crippen LogP contribution in [0.15, 0.2) is 54.9 Å². The molecular weight excluding hydrogens is 352 g/mol. The van der Waals surface area contributed by atoms with E-state index in [9.17, 15) is 4.79 Å². The topological polar surface area (TPSA) is 96.2 Å². The average Bonchev–Trinajstić information content (AvgIpc) is 2.69. The van der Waals surface area contributed by atoms with Crippen LogP contribution in [0.5, 0.6) is 0 Å². The number of aromatic nitrogens is 2. The molecule has 3 rings (SSSR count). The maximum Gasteiger partial charge on any atom is 0.269 e. The number of anilines is 4. The predicted octanol–water partition coefficient (Wildman–Crippen LogP) is 3.59. The number of rotatable bonds is 6. The van der Waals surface area contributed by atoms with E-state index in [2.05, 4.69) is 26.9 Å². The van der Waals surface area contributed by atoms with Crippen molar-refractivity contribution in [3.63, 3.8) is 0 Å². The number of hydrazine groups is 1. The van der Waals surface area contributed by atoms with Gasteiger partial charge in [0.15, 0.2) is 11.6 Å². The number of hydrogen-bond donors (Lipinski definition) is 3. The second kappa shape index (κ2) is 8.39. The second-order valence-corrected chi connectivity index (χ2v) is 6.44. The molecule has 0 saturated carbocycles. The summed E-state index contributed by atoms with van der Waals surface area (Å²) in [4.78, 5) is 22.9. The van der Waals surface area contributed by atoms with E-state index in [1.54, 1.807) is 6.07 Å². The zero-order chi connectivity index (χ0) is 20.1. The number of aryl methyl sites for hydroxylation is 2. The predicted molar refractivity (Wildman–Crippen MR) is 113 cm³/mol. The second-order valence-electron chi connectivity index (χ2n) is 6.44. The van der Waals surface area contributed by atoms with Crippen molar-refractivity contribution in [2.75, 3.05) is 22.6 Å². The number of benzene rings is 2. The molecule has 1 aromatic heterocycles. The van der Waals surface area contributed by atoms with Crippen molar-refractivity contribution in [1.29, 1.82) is 0 Å². The summed E-state index contributed by atoms with van der Waals surface area (Å²) in [6, 6.07) is 15.5. The lowest BCUT2D eigenvalue weighted by molar-refractivity contribution is 0.0962. The van der Waals surface area contributed by atoms with Gasteiger partial charge in [0, 0.05) is 17.8 Å². The van der Waals surface area contributed by atoms with Gasteiger partial charge in [-0.15, -0.1) is 0 Å². The summed E-state index contributed by atoms with van der Waals surface area (Å²) < 4.78 is 0. The Hall–Kier alpha value is -3.61. The van der Waals surface area contributed by atoms with Crippen molar-refractivity contribution >= 4 is 28.9 Å². The molecule has 144 valence electrons. The number of nitrogens with one attached hydrogen (secondary N) is 2. The standard InChI is InChI=1S/C21H24N6O/c1-4-27(16-10-7-8-14(2)12-16)20-18(22)19(23-13-24-20)25-26-21(28)17-11-6-5-9-15(17)3/h5-13H,4,22H2,1-3H3,(H,26,28)(H,23,24,25). The first-order chi connectivity index (χ1) is 13.5. The Morgan fingerprint density at radius 2 is 1.89 bits per heavy atom. The van der Waals surface area contributed by atoms with Gasteiger partial charge < -0.3 is 10.6 Å². The smallest absolute Gasteiger partial charge is 0.269 e. The number of carbonyl (C=O) groups is 1. The van der Waals surface area contributed by atoms with E-state index in [1.807, 2.05) is 62.1 Å². The Balaban J connectivity index is 1.82. The van der Waals surface area contributed by atoms with Crippen molar-refractivity contribution in [1.82, 2.24) is 15.4 Å². The molecule has 0 aliphatic carbocycles. The molecule has 0 bridgehead atoms. The van der Waals surface area contributed by atoms with Gasteiger partial charge >= 0.3 is 0 Å². The summed E-state index contributed by atoms with van der Waals surface area (Å²) in [5, 5.41) is 0. The largest absolute Gasteiger partial charge is 0.393 e. The fourth-order valence-electron chi connectivity index (χ4n) is 2.96. The van der Waals surface area contributed by atoms with Crippen molar-refractivity contribution in [3.8, 4) is 0 Å². The van der Waals surface area contributed by atoms with Crippen molar-refractivity contribution in [2.45, 2.75) is 20.8 Å². The van der Waals surface area contributed by atoms with E-state index in [0.29, 0.717) is 29.4 Å². The third-order valence-corrected chi connectivity index (χ3v) is 4.43. The molecule has 1 amide bonds. The van der Waals surface area contributed by atoms with Gasteiger partial charge in [-0.1, -0.05) is 30.3 Å². The van der Waals surface area contributed by atoms with Gasteiger partial charge in [0.25, 0.3) is 5.91 Å². The molecule has 7 nitrogen and oxygen atoms in total. The molecule has 0 saturated heterocycles. The van der Waals surface area contributed by atoms with Crippen LogP contribution in [0.3, 0.4) is 0 Å². The minimum absolute atomic E-state index is 0.260. The van der Waals surface area contributed by atoms with Crippen LogP contribution in [0.4, 0.5) is 23.0 Å². The third kappa shape index (κ3) is 4.03. The quantitative estimate of drug-likeness (QED) is 0.569. The molecule has 7 heteroatoms. The number of nitrogens with zero attached hydrogens (tertiary/aromatic N) is 3. The Morgan fingerprint density at radius 3 is 2.61 bits per heavy atom. The molecule has 0 aliphatic rings. The van der Waals surface area contributed by atoms with Crippen LogP contribution >= 0.6 is 0 Å². The maximum absolute atomic E-state index is 12.4. The fourth-order valence-corrected chi connectivity index (χ4v) is 2.96.